The smallest absolute Gasteiger partial charge is 0.251 e. The molecular weight excluding hydrogens is 270 g/mol. The first-order valence-corrected chi connectivity index (χ1v) is 7.50. The molecule has 1 N–H and O–H groups in total. The number of hydrogen-bond donors (Lipinski definition) is 1. The topological polar surface area (TPSA) is 29.1 Å². The number of rotatable bonds is 3. The standard InChI is InChI=1S/C20H19NO/c1-14-7-9-16(10-8-14)15(2)21-20(22)19-12-11-17-5-3-4-6-18(17)13-19/h3-13,15H,1-2H3,(H,21,22). The number of nitrogens with one attached hydrogen (secondary N) is 1. The lowest BCUT2D eigenvalue weighted by atomic mass is 10.0. The van der Waals surface area contributed by atoms with E-state index in [-0.39, 0.29) is 11.9 Å². The predicted octanol–water partition coefficient (Wildman–Crippen LogP) is 4.64. The van der Waals surface area contributed by atoms with Crippen LogP contribution in [0.3, 0.4) is 0 Å². The Hall–Kier alpha value is -2.61. The van der Waals surface area contributed by atoms with Crippen molar-refractivity contribution in [2.24, 2.45) is 0 Å². The second-order valence-corrected chi connectivity index (χ2v) is 5.67. The van der Waals surface area contributed by atoms with E-state index in [1.54, 1.807) is 0 Å². The van der Waals surface area contributed by atoms with Gasteiger partial charge in [0.15, 0.2) is 0 Å². The van der Waals surface area contributed by atoms with E-state index < -0.39 is 0 Å². The van der Waals surface area contributed by atoms with Crippen molar-refractivity contribution in [3.63, 3.8) is 0 Å². The Morgan fingerprint density at radius 1 is 0.909 bits per heavy atom. The van der Waals surface area contributed by atoms with Gasteiger partial charge in [0.25, 0.3) is 5.91 Å². The van der Waals surface area contributed by atoms with Crippen LogP contribution in [0.1, 0.15) is 34.5 Å². The molecule has 3 aromatic carbocycles. The molecular formula is C20H19NO. The normalized spacial score (nSPS) is 12.1. The summed E-state index contributed by atoms with van der Waals surface area (Å²) in [5.41, 5.74) is 3.02. The summed E-state index contributed by atoms with van der Waals surface area (Å²) in [5, 5.41) is 5.28. The first-order chi connectivity index (χ1) is 10.6. The molecule has 0 spiro atoms. The Morgan fingerprint density at radius 2 is 1.59 bits per heavy atom. The molecule has 1 amide bonds. The number of amides is 1. The van der Waals surface area contributed by atoms with Crippen molar-refractivity contribution in [2.75, 3.05) is 0 Å². The van der Waals surface area contributed by atoms with Gasteiger partial charge >= 0.3 is 0 Å². The molecule has 0 aliphatic rings. The van der Waals surface area contributed by atoms with Gasteiger partial charge in [-0.15, -0.1) is 0 Å². The molecule has 1 atom stereocenters. The van der Waals surface area contributed by atoms with Gasteiger partial charge in [0, 0.05) is 5.56 Å². The summed E-state index contributed by atoms with van der Waals surface area (Å²) in [6.07, 6.45) is 0. The van der Waals surface area contributed by atoms with Crippen LogP contribution in [0.4, 0.5) is 0 Å². The fraction of sp³-hybridized carbons (Fsp3) is 0.150. The molecule has 0 aliphatic heterocycles. The number of carbonyl (C=O) groups is 1. The minimum absolute atomic E-state index is 0.0143. The van der Waals surface area contributed by atoms with E-state index in [0.29, 0.717) is 5.56 Å². The molecule has 3 aromatic rings. The second-order valence-electron chi connectivity index (χ2n) is 5.67. The Labute approximate surface area is 130 Å². The summed E-state index contributed by atoms with van der Waals surface area (Å²) >= 11 is 0. The molecule has 2 nitrogen and oxygen atoms in total. The van der Waals surface area contributed by atoms with Crippen LogP contribution in [0, 0.1) is 6.92 Å². The molecule has 0 saturated carbocycles. The van der Waals surface area contributed by atoms with Gasteiger partial charge in [-0.25, -0.2) is 0 Å². The van der Waals surface area contributed by atoms with Crippen LogP contribution in [-0.2, 0) is 0 Å². The average Bonchev–Trinajstić information content (AvgIpc) is 2.55. The average molecular weight is 289 g/mol. The van der Waals surface area contributed by atoms with Gasteiger partial charge in [-0.1, -0.05) is 60.2 Å². The Balaban J connectivity index is 1.79. The van der Waals surface area contributed by atoms with Crippen LogP contribution in [0.25, 0.3) is 10.8 Å². The van der Waals surface area contributed by atoms with E-state index in [1.807, 2.05) is 49.4 Å². The lowest BCUT2D eigenvalue weighted by Crippen LogP contribution is -2.26. The first kappa shape index (κ1) is 14.3. The van der Waals surface area contributed by atoms with E-state index in [0.717, 1.165) is 16.3 Å². The maximum atomic E-state index is 12.4. The molecule has 0 saturated heterocycles. The van der Waals surface area contributed by atoms with E-state index in [9.17, 15) is 4.79 Å². The quantitative estimate of drug-likeness (QED) is 0.747. The molecule has 1 unspecified atom stereocenters. The number of aryl methyl sites for hydroxylation is 1. The first-order valence-electron chi connectivity index (χ1n) is 7.50. The number of fused-ring (bicyclic) bond motifs is 1. The van der Waals surface area contributed by atoms with Crippen molar-refractivity contribution in [3.8, 4) is 0 Å². The molecule has 0 aromatic heterocycles. The maximum Gasteiger partial charge on any atom is 0.251 e. The largest absolute Gasteiger partial charge is 0.346 e. The van der Waals surface area contributed by atoms with E-state index >= 15 is 0 Å². The minimum atomic E-state index is -0.0428. The van der Waals surface area contributed by atoms with E-state index in [4.69, 9.17) is 0 Å². The number of carbonyl (C=O) groups excluding carboxylic acids is 1. The highest BCUT2D eigenvalue weighted by Gasteiger charge is 2.11. The zero-order chi connectivity index (χ0) is 15.5. The molecule has 0 fully saturated rings. The van der Waals surface area contributed by atoms with Gasteiger partial charge < -0.3 is 5.32 Å². The molecule has 110 valence electrons. The molecule has 0 radical (unpaired) electrons. The van der Waals surface area contributed by atoms with Crippen molar-refractivity contribution in [3.05, 3.63) is 83.4 Å². The zero-order valence-corrected chi connectivity index (χ0v) is 12.8. The third-order valence-corrected chi connectivity index (χ3v) is 3.94. The Morgan fingerprint density at radius 3 is 2.32 bits per heavy atom. The van der Waals surface area contributed by atoms with Gasteiger partial charge in [-0.05, 0) is 42.3 Å². The Bertz CT molecular complexity index is 805. The lowest BCUT2D eigenvalue weighted by Gasteiger charge is -2.15. The SMILES string of the molecule is Cc1ccc(C(C)NC(=O)c2ccc3ccccc3c2)cc1. The fourth-order valence-corrected chi connectivity index (χ4v) is 2.55. The summed E-state index contributed by atoms with van der Waals surface area (Å²) in [5.74, 6) is -0.0428. The molecule has 0 aliphatic carbocycles. The van der Waals surface area contributed by atoms with Crippen LogP contribution >= 0.6 is 0 Å². The number of benzene rings is 3. The van der Waals surface area contributed by atoms with Crippen LogP contribution in [0.15, 0.2) is 66.7 Å². The van der Waals surface area contributed by atoms with Crippen LogP contribution in [0.2, 0.25) is 0 Å². The Kier molecular flexibility index (Phi) is 3.92. The lowest BCUT2D eigenvalue weighted by molar-refractivity contribution is 0.0940. The predicted molar refractivity (Wildman–Crippen MR) is 91.0 cm³/mol. The fourth-order valence-electron chi connectivity index (χ4n) is 2.55. The third-order valence-electron chi connectivity index (χ3n) is 3.94. The summed E-state index contributed by atoms with van der Waals surface area (Å²) < 4.78 is 0. The van der Waals surface area contributed by atoms with Gasteiger partial charge in [0.2, 0.25) is 0 Å². The van der Waals surface area contributed by atoms with E-state index in [2.05, 4.69) is 36.5 Å². The summed E-state index contributed by atoms with van der Waals surface area (Å²) in [6.45, 7) is 4.06. The van der Waals surface area contributed by atoms with Crippen LogP contribution in [0.5, 0.6) is 0 Å². The molecule has 2 heteroatoms. The minimum Gasteiger partial charge on any atom is -0.346 e. The van der Waals surface area contributed by atoms with Gasteiger partial charge in [-0.3, -0.25) is 4.79 Å². The third kappa shape index (κ3) is 3.01. The highest BCUT2D eigenvalue weighted by atomic mass is 16.1. The highest BCUT2D eigenvalue weighted by Crippen LogP contribution is 2.17. The summed E-state index contributed by atoms with van der Waals surface area (Å²) in [6, 6.07) is 22.1. The van der Waals surface area contributed by atoms with Crippen molar-refractivity contribution < 1.29 is 4.79 Å². The van der Waals surface area contributed by atoms with Crippen molar-refractivity contribution in [2.45, 2.75) is 19.9 Å². The van der Waals surface area contributed by atoms with Gasteiger partial charge in [0.05, 0.1) is 6.04 Å². The molecule has 0 heterocycles. The van der Waals surface area contributed by atoms with E-state index in [1.165, 1.54) is 5.56 Å². The zero-order valence-electron chi connectivity index (χ0n) is 12.8. The number of hydrogen-bond acceptors (Lipinski definition) is 1. The highest BCUT2D eigenvalue weighted by molar-refractivity contribution is 5.98. The van der Waals surface area contributed by atoms with Crippen LogP contribution in [-0.4, -0.2) is 5.91 Å². The van der Waals surface area contributed by atoms with Crippen molar-refractivity contribution in [1.82, 2.24) is 5.32 Å². The van der Waals surface area contributed by atoms with Gasteiger partial charge in [-0.2, -0.15) is 0 Å². The molecule has 3 rings (SSSR count). The molecule has 0 bridgehead atoms. The molecule has 22 heavy (non-hydrogen) atoms. The van der Waals surface area contributed by atoms with Crippen LogP contribution < -0.4 is 5.32 Å². The van der Waals surface area contributed by atoms with Crippen molar-refractivity contribution in [1.29, 1.82) is 0 Å². The second kappa shape index (κ2) is 6.02. The summed E-state index contributed by atoms with van der Waals surface area (Å²) in [7, 11) is 0. The van der Waals surface area contributed by atoms with Crippen molar-refractivity contribution >= 4 is 16.7 Å². The van der Waals surface area contributed by atoms with Gasteiger partial charge in [0.1, 0.15) is 0 Å². The monoisotopic (exact) mass is 289 g/mol. The summed E-state index contributed by atoms with van der Waals surface area (Å²) in [4.78, 5) is 12.4. The maximum absolute atomic E-state index is 12.4.